The molecule has 1 rings (SSSR count). The number of carbonyl (C=O) groups is 12. The predicted molar refractivity (Wildman–Crippen MR) is 381 cm³/mol. The van der Waals surface area contributed by atoms with Crippen molar-refractivity contribution in [3.05, 3.63) is 39.9 Å². The van der Waals surface area contributed by atoms with Crippen molar-refractivity contribution < 1.29 is 82.9 Å². The van der Waals surface area contributed by atoms with E-state index in [1.165, 1.54) is 43.8 Å². The Morgan fingerprint density at radius 1 is 0.475 bits per heavy atom. The predicted octanol–water partition coefficient (Wildman–Crippen LogP) is -2.81. The second-order valence-corrected chi connectivity index (χ2v) is 27.1. The number of carbonyl (C=O) groups excluding carboxylic acids is 10. The monoisotopic (exact) mass is 1470 g/mol. The van der Waals surface area contributed by atoms with Crippen LogP contribution in [0.3, 0.4) is 0 Å². The van der Waals surface area contributed by atoms with E-state index in [2.05, 4.69) is 53.2 Å². The molecule has 574 valence electrons. The fourth-order valence-corrected chi connectivity index (χ4v) is 11.8. The van der Waals surface area contributed by atoms with Gasteiger partial charge in [0.25, 0.3) is 5.69 Å². The fraction of sp³-hybridized carbons (Fsp3) is 0.719. The molecule has 101 heavy (non-hydrogen) atoms. The third kappa shape index (κ3) is 34.0. The molecule has 14 atom stereocenters. The number of nitro groups is 1. The lowest BCUT2D eigenvalue weighted by Crippen LogP contribution is -2.63. The molecule has 1 unspecified atom stereocenters. The number of hydrogen-bond acceptors (Lipinski definition) is 24. The maximum atomic E-state index is 14.7. The Balaban J connectivity index is 3.80. The number of aliphatic carboxylic acids is 2. The molecule has 1 aromatic carbocycles. The highest BCUT2D eigenvalue weighted by molar-refractivity contribution is 8.00. The Labute approximate surface area is 598 Å². The smallest absolute Gasteiger partial charge is 0.326 e. The third-order valence-electron chi connectivity index (χ3n) is 16.5. The molecule has 26 N–H and O–H groups in total. The molecule has 10 amide bonds. The first-order valence-corrected chi connectivity index (χ1v) is 36.8. The van der Waals surface area contributed by atoms with Gasteiger partial charge in [-0.15, -0.1) is 11.8 Å². The van der Waals surface area contributed by atoms with Gasteiger partial charge in [0.1, 0.15) is 65.7 Å². The Morgan fingerprint density at radius 3 is 1.26 bits per heavy atom. The third-order valence-corrected chi connectivity index (χ3v) is 18.4. The Kier molecular flexibility index (Phi) is 46.2. The minimum atomic E-state index is -1.91. The SMILES string of the molecule is CC[C@H](C)[C@H](NC(=O)[C@@H](NC(=O)[C@H](CSC(C(=O)O)c1ccccc1[N+](=O)[O-])NC(=O)[C@H](CCCCN)NC(=O)[C@@H](NC(=O)[C@H](CCCCN)NC(=O)[C@H](CO)NC(=O)[C@H](CCCCN)NC(=O)[C@H](CCCCN)NC(=O)[C@@H](N)CCCCN)[C@@H](C)O)C(C)C)C(=O)N[C@@H](CCSC)C(=O)O. The fourth-order valence-electron chi connectivity index (χ4n) is 10.2. The zero-order valence-electron chi connectivity index (χ0n) is 58.9. The van der Waals surface area contributed by atoms with Crippen molar-refractivity contribution >= 4 is 100 Å². The molecular formula is C64H113N17O18S2. The summed E-state index contributed by atoms with van der Waals surface area (Å²) in [5.41, 5.74) is 33.9. The Morgan fingerprint density at radius 2 is 0.842 bits per heavy atom. The molecule has 0 spiro atoms. The zero-order chi connectivity index (χ0) is 76.3. The minimum Gasteiger partial charge on any atom is -0.480 e. The molecule has 0 saturated heterocycles. The molecule has 0 heterocycles. The van der Waals surface area contributed by atoms with Crippen LogP contribution in [0.4, 0.5) is 5.69 Å². The molecular weight excluding hydrogens is 1360 g/mol. The maximum absolute atomic E-state index is 14.7. The van der Waals surface area contributed by atoms with Crippen LogP contribution in [0, 0.1) is 22.0 Å². The molecule has 1 aromatic rings. The van der Waals surface area contributed by atoms with Gasteiger partial charge in [-0.2, -0.15) is 11.8 Å². The number of carboxylic acids is 2. The number of para-hydroxylation sites is 1. The number of benzene rings is 1. The number of nitrogens with zero attached hydrogens (tertiary/aromatic N) is 1. The van der Waals surface area contributed by atoms with Crippen LogP contribution in [0.1, 0.15) is 155 Å². The van der Waals surface area contributed by atoms with Crippen LogP contribution in [0.25, 0.3) is 0 Å². The van der Waals surface area contributed by atoms with Gasteiger partial charge in [-0.05, 0) is 160 Å². The topological polar surface area (TPSA) is 605 Å². The summed E-state index contributed by atoms with van der Waals surface area (Å²) in [7, 11) is 0. The molecule has 37 heteroatoms. The zero-order valence-corrected chi connectivity index (χ0v) is 60.5. The van der Waals surface area contributed by atoms with Gasteiger partial charge in [-0.3, -0.25) is 62.9 Å². The van der Waals surface area contributed by atoms with Crippen LogP contribution in [0.5, 0.6) is 0 Å². The maximum Gasteiger partial charge on any atom is 0.326 e. The van der Waals surface area contributed by atoms with E-state index in [9.17, 15) is 88.1 Å². The summed E-state index contributed by atoms with van der Waals surface area (Å²) in [6.07, 6.45) is 4.15. The van der Waals surface area contributed by atoms with Gasteiger partial charge in [-0.25, -0.2) is 4.79 Å². The highest BCUT2D eigenvalue weighted by Crippen LogP contribution is 2.35. The Hall–Kier alpha value is -7.36. The molecule has 0 aliphatic heterocycles. The first-order valence-electron chi connectivity index (χ1n) is 34.3. The number of nitrogens with one attached hydrogen (secondary N) is 10. The van der Waals surface area contributed by atoms with Crippen LogP contribution in [-0.2, 0) is 57.5 Å². The van der Waals surface area contributed by atoms with Crippen molar-refractivity contribution in [1.82, 2.24) is 53.2 Å². The number of thioether (sulfide) groups is 2. The van der Waals surface area contributed by atoms with Crippen LogP contribution in [0.15, 0.2) is 24.3 Å². The molecule has 0 aromatic heterocycles. The van der Waals surface area contributed by atoms with Gasteiger partial charge in [0, 0.05) is 11.8 Å². The normalized spacial score (nSPS) is 15.5. The molecule has 0 aliphatic rings. The number of nitro benzene ring substituents is 1. The van der Waals surface area contributed by atoms with Crippen molar-refractivity contribution in [3.63, 3.8) is 0 Å². The first kappa shape index (κ1) is 91.7. The molecule has 0 bridgehead atoms. The molecule has 0 fully saturated rings. The lowest BCUT2D eigenvalue weighted by atomic mass is 9.96. The highest BCUT2D eigenvalue weighted by Gasteiger charge is 2.39. The van der Waals surface area contributed by atoms with Crippen LogP contribution >= 0.6 is 23.5 Å². The number of aliphatic hydroxyl groups is 2. The molecule has 0 aliphatic carbocycles. The number of aliphatic hydroxyl groups excluding tert-OH is 2. The number of hydrogen-bond donors (Lipinski definition) is 20. The molecule has 0 saturated carbocycles. The number of amides is 10. The van der Waals surface area contributed by atoms with Gasteiger partial charge >= 0.3 is 11.9 Å². The van der Waals surface area contributed by atoms with E-state index in [0.717, 1.165) is 13.0 Å². The summed E-state index contributed by atoms with van der Waals surface area (Å²) >= 11 is 1.84. The average molecular weight is 1470 g/mol. The standard InChI is InChI=1S/C64H113N17O18S2/c1-7-37(4)50(61(92)75-45(63(94)95)27-33-100-6)79-60(91)49(36(2)3)78-59(90)47(35-101-52(64(96)97)39-20-8-9-26-48(39)81(98)99)77-56(87)43(24-13-18-31-68)74-62(93)51(38(5)83)80-57(88)44(25-14-19-32-69)73-58(89)46(34-82)76-55(86)42(23-12-17-30-67)72-54(85)41(22-11-16-29-66)71-53(84)40(70)21-10-15-28-65/h8-9,20,26,36-38,40-47,49-52,82-83H,7,10-19,21-25,27-35,65-70H2,1-6H3,(H,71,84)(H,72,85)(H,73,89)(H,74,93)(H,75,92)(H,76,86)(H,77,87)(H,78,90)(H,79,91)(H,80,88)(H,94,95)(H,96,97)/t37-,38+,40-,41-,42-,43-,44-,45-,46-,47-,49-,50-,51-,52?/m0/s1. The van der Waals surface area contributed by atoms with Gasteiger partial charge in [0.05, 0.1) is 29.2 Å². The summed E-state index contributed by atoms with van der Waals surface area (Å²) in [5, 5.41) is 77.7. The van der Waals surface area contributed by atoms with E-state index in [1.807, 2.05) is 0 Å². The van der Waals surface area contributed by atoms with Gasteiger partial charge in [0.15, 0.2) is 0 Å². The average Bonchev–Trinajstić information content (AvgIpc) is 0.836. The molecule has 35 nitrogen and oxygen atoms in total. The van der Waals surface area contributed by atoms with Crippen molar-refractivity contribution in [2.75, 3.05) is 57.1 Å². The van der Waals surface area contributed by atoms with E-state index in [4.69, 9.17) is 34.4 Å². The van der Waals surface area contributed by atoms with Crippen molar-refractivity contribution in [3.8, 4) is 0 Å². The number of nitrogens with two attached hydrogens (primary N) is 6. The summed E-state index contributed by atoms with van der Waals surface area (Å²) in [6, 6.07) is -11.4. The van der Waals surface area contributed by atoms with Crippen LogP contribution < -0.4 is 87.6 Å². The second kappa shape index (κ2) is 50.9. The largest absolute Gasteiger partial charge is 0.480 e. The molecule has 0 radical (unpaired) electrons. The Bertz CT molecular complexity index is 2800. The van der Waals surface area contributed by atoms with E-state index < -0.39 is 184 Å². The van der Waals surface area contributed by atoms with Crippen molar-refractivity contribution in [2.24, 2.45) is 46.2 Å². The van der Waals surface area contributed by atoms with Crippen molar-refractivity contribution in [2.45, 2.75) is 222 Å². The lowest BCUT2D eigenvalue weighted by molar-refractivity contribution is -0.385. The van der Waals surface area contributed by atoms with E-state index in [0.29, 0.717) is 88.4 Å². The number of carboxylic acid groups (broad SMARTS) is 2. The minimum absolute atomic E-state index is 0.00815. The van der Waals surface area contributed by atoms with E-state index in [-0.39, 0.29) is 76.6 Å². The lowest BCUT2D eigenvalue weighted by Gasteiger charge is -2.30. The second-order valence-electron chi connectivity index (χ2n) is 25.0. The number of rotatable bonds is 55. The van der Waals surface area contributed by atoms with E-state index in [1.54, 1.807) is 20.1 Å². The number of unbranched alkanes of at least 4 members (excludes halogenated alkanes) is 5. The van der Waals surface area contributed by atoms with Gasteiger partial charge < -0.3 is 108 Å². The van der Waals surface area contributed by atoms with Crippen LogP contribution in [-0.4, -0.2) is 226 Å². The summed E-state index contributed by atoms with van der Waals surface area (Å²) in [4.78, 5) is 178. The van der Waals surface area contributed by atoms with Crippen molar-refractivity contribution in [1.29, 1.82) is 0 Å². The summed E-state index contributed by atoms with van der Waals surface area (Å²) < 4.78 is 0. The highest BCUT2D eigenvalue weighted by atomic mass is 32.2. The summed E-state index contributed by atoms with van der Waals surface area (Å²) in [5.74, 6) is -14.1. The van der Waals surface area contributed by atoms with E-state index >= 15 is 0 Å². The summed E-state index contributed by atoms with van der Waals surface area (Å²) in [6.45, 7) is 7.68. The first-order chi connectivity index (χ1) is 47.9. The van der Waals surface area contributed by atoms with Crippen LogP contribution in [0.2, 0.25) is 0 Å². The quantitative estimate of drug-likeness (QED) is 0.0178. The van der Waals surface area contributed by atoms with Gasteiger partial charge in [0.2, 0.25) is 59.1 Å². The van der Waals surface area contributed by atoms with Gasteiger partial charge in [-0.1, -0.05) is 58.7 Å².